The number of hydrogen-bond acceptors (Lipinski definition) is 2. The van der Waals surface area contributed by atoms with Crippen LogP contribution in [0.5, 0.6) is 11.5 Å². The first kappa shape index (κ1) is 20.3. The molecule has 0 saturated heterocycles. The molecule has 0 amide bonds. The van der Waals surface area contributed by atoms with Gasteiger partial charge in [0.25, 0.3) is 0 Å². The molecule has 28 heavy (non-hydrogen) atoms. The highest BCUT2D eigenvalue weighted by Gasteiger charge is 2.30. The first-order chi connectivity index (χ1) is 13.6. The Morgan fingerprint density at radius 3 is 1.82 bits per heavy atom. The standard InChI is InChI=1S/C24H28Br2O2/c1-2-3-16-4-6-17(7-5-16)18-14-27-23-10-8-19(25)12-21(23)22-13-20(26)9-11-24(22)28-15-18/h8-13,16-18H,2-7,14-15H2,1H3/t16-,17-. The molecule has 4 heteroatoms. The highest BCUT2D eigenvalue weighted by Crippen LogP contribution is 2.42. The van der Waals surface area contributed by atoms with Gasteiger partial charge in [-0.1, -0.05) is 64.5 Å². The lowest BCUT2D eigenvalue weighted by molar-refractivity contribution is 0.0982. The van der Waals surface area contributed by atoms with E-state index in [1.807, 2.05) is 0 Å². The van der Waals surface area contributed by atoms with Crippen molar-refractivity contribution < 1.29 is 9.47 Å². The van der Waals surface area contributed by atoms with Crippen molar-refractivity contribution >= 4 is 31.9 Å². The minimum atomic E-state index is 0.439. The lowest BCUT2D eigenvalue weighted by Gasteiger charge is -2.33. The molecule has 150 valence electrons. The summed E-state index contributed by atoms with van der Waals surface area (Å²) in [4.78, 5) is 0. The van der Waals surface area contributed by atoms with Crippen LogP contribution < -0.4 is 9.47 Å². The molecule has 2 aromatic rings. The van der Waals surface area contributed by atoms with Gasteiger partial charge in [-0.3, -0.25) is 0 Å². The molecule has 0 N–H and O–H groups in total. The summed E-state index contributed by atoms with van der Waals surface area (Å²) in [6, 6.07) is 12.5. The van der Waals surface area contributed by atoms with E-state index in [-0.39, 0.29) is 0 Å². The van der Waals surface area contributed by atoms with Gasteiger partial charge in [0.05, 0.1) is 13.2 Å². The van der Waals surface area contributed by atoms with Crippen LogP contribution in [0.25, 0.3) is 11.1 Å². The second-order valence-electron chi connectivity index (χ2n) is 8.23. The largest absolute Gasteiger partial charge is 0.493 e. The van der Waals surface area contributed by atoms with E-state index in [9.17, 15) is 0 Å². The first-order valence-corrected chi connectivity index (χ1v) is 12.1. The smallest absolute Gasteiger partial charge is 0.127 e. The molecule has 1 heterocycles. The zero-order chi connectivity index (χ0) is 19.5. The molecule has 1 saturated carbocycles. The fourth-order valence-corrected chi connectivity index (χ4v) is 5.47. The van der Waals surface area contributed by atoms with Crippen LogP contribution in [0, 0.1) is 17.8 Å². The SMILES string of the molecule is CCC[C@H]1CC[C@H](C2COc3ccc(Br)cc3-c3cc(Br)ccc3OC2)CC1. The van der Waals surface area contributed by atoms with Crippen LogP contribution >= 0.6 is 31.9 Å². The summed E-state index contributed by atoms with van der Waals surface area (Å²) in [5.74, 6) is 3.95. The molecule has 4 rings (SSSR count). The summed E-state index contributed by atoms with van der Waals surface area (Å²) >= 11 is 7.22. The first-order valence-electron chi connectivity index (χ1n) is 10.5. The Balaban J connectivity index is 1.59. The van der Waals surface area contributed by atoms with Gasteiger partial charge in [0, 0.05) is 26.0 Å². The predicted molar refractivity (Wildman–Crippen MR) is 122 cm³/mol. The molecule has 2 aromatic carbocycles. The van der Waals surface area contributed by atoms with E-state index < -0.39 is 0 Å². The van der Waals surface area contributed by atoms with Gasteiger partial charge in [0.2, 0.25) is 0 Å². The molecule has 0 bridgehead atoms. The van der Waals surface area contributed by atoms with Crippen LogP contribution in [0.2, 0.25) is 0 Å². The molecule has 0 radical (unpaired) electrons. The number of rotatable bonds is 3. The summed E-state index contributed by atoms with van der Waals surface area (Å²) < 4.78 is 14.9. The molecule has 0 aromatic heterocycles. The normalized spacial score (nSPS) is 22.7. The van der Waals surface area contributed by atoms with Crippen LogP contribution in [0.15, 0.2) is 45.3 Å². The van der Waals surface area contributed by atoms with Crippen LogP contribution in [-0.4, -0.2) is 13.2 Å². The summed E-state index contributed by atoms with van der Waals surface area (Å²) in [6.45, 7) is 3.76. The van der Waals surface area contributed by atoms with Crippen molar-refractivity contribution in [2.75, 3.05) is 13.2 Å². The van der Waals surface area contributed by atoms with Crippen molar-refractivity contribution in [2.24, 2.45) is 17.8 Å². The Morgan fingerprint density at radius 2 is 1.32 bits per heavy atom. The van der Waals surface area contributed by atoms with Crippen LogP contribution in [-0.2, 0) is 0 Å². The Labute approximate surface area is 185 Å². The summed E-state index contributed by atoms with van der Waals surface area (Å²) in [5.41, 5.74) is 2.16. The Morgan fingerprint density at radius 1 is 0.786 bits per heavy atom. The van der Waals surface area contributed by atoms with E-state index in [4.69, 9.17) is 9.47 Å². The fourth-order valence-electron chi connectivity index (χ4n) is 4.75. The number of halogens is 2. The van der Waals surface area contributed by atoms with Crippen LogP contribution in [0.1, 0.15) is 45.4 Å². The van der Waals surface area contributed by atoms with E-state index >= 15 is 0 Å². The fraction of sp³-hybridized carbons (Fsp3) is 0.500. The molecule has 1 aliphatic carbocycles. The zero-order valence-corrected chi connectivity index (χ0v) is 19.6. The highest BCUT2D eigenvalue weighted by molar-refractivity contribution is 9.10. The quantitative estimate of drug-likeness (QED) is 0.420. The zero-order valence-electron chi connectivity index (χ0n) is 16.4. The lowest BCUT2D eigenvalue weighted by Crippen LogP contribution is -2.30. The summed E-state index contributed by atoms with van der Waals surface area (Å²) in [5, 5.41) is 0. The number of ether oxygens (including phenoxy) is 2. The van der Waals surface area contributed by atoms with E-state index in [1.165, 1.54) is 38.5 Å². The molecule has 1 aliphatic heterocycles. The van der Waals surface area contributed by atoms with Gasteiger partial charge in [-0.2, -0.15) is 0 Å². The molecular formula is C24H28Br2O2. The van der Waals surface area contributed by atoms with Gasteiger partial charge in [0.1, 0.15) is 11.5 Å². The van der Waals surface area contributed by atoms with E-state index in [2.05, 4.69) is 75.2 Å². The third-order valence-electron chi connectivity index (χ3n) is 6.33. The van der Waals surface area contributed by atoms with Crippen LogP contribution in [0.4, 0.5) is 0 Å². The Hall–Kier alpha value is -1.00. The second kappa shape index (κ2) is 9.21. The van der Waals surface area contributed by atoms with E-state index in [0.29, 0.717) is 11.8 Å². The average Bonchev–Trinajstić information content (AvgIpc) is 2.77. The van der Waals surface area contributed by atoms with Gasteiger partial charge >= 0.3 is 0 Å². The van der Waals surface area contributed by atoms with Crippen molar-refractivity contribution in [2.45, 2.75) is 45.4 Å². The van der Waals surface area contributed by atoms with Gasteiger partial charge in [-0.15, -0.1) is 0 Å². The van der Waals surface area contributed by atoms with Gasteiger partial charge in [-0.05, 0) is 61.1 Å². The summed E-state index contributed by atoms with van der Waals surface area (Å²) in [6.07, 6.45) is 8.04. The average molecular weight is 508 g/mol. The van der Waals surface area contributed by atoms with Crippen molar-refractivity contribution in [1.29, 1.82) is 0 Å². The van der Waals surface area contributed by atoms with Gasteiger partial charge in [0.15, 0.2) is 0 Å². The van der Waals surface area contributed by atoms with Crippen molar-refractivity contribution in [3.63, 3.8) is 0 Å². The maximum Gasteiger partial charge on any atom is 0.127 e. The third-order valence-corrected chi connectivity index (χ3v) is 7.32. The molecular weight excluding hydrogens is 480 g/mol. The maximum absolute atomic E-state index is 6.38. The monoisotopic (exact) mass is 506 g/mol. The molecule has 0 atom stereocenters. The maximum atomic E-state index is 6.38. The minimum Gasteiger partial charge on any atom is -0.493 e. The van der Waals surface area contributed by atoms with Crippen molar-refractivity contribution in [3.05, 3.63) is 45.3 Å². The number of hydrogen-bond donors (Lipinski definition) is 0. The molecule has 0 unspecified atom stereocenters. The van der Waals surface area contributed by atoms with E-state index in [1.54, 1.807) is 0 Å². The third kappa shape index (κ3) is 4.59. The van der Waals surface area contributed by atoms with E-state index in [0.717, 1.165) is 50.7 Å². The second-order valence-corrected chi connectivity index (χ2v) is 10.1. The van der Waals surface area contributed by atoms with Crippen molar-refractivity contribution in [1.82, 2.24) is 0 Å². The Kier molecular flexibility index (Phi) is 6.67. The molecule has 0 spiro atoms. The van der Waals surface area contributed by atoms with Gasteiger partial charge in [-0.25, -0.2) is 0 Å². The number of benzene rings is 2. The lowest BCUT2D eigenvalue weighted by atomic mass is 9.75. The predicted octanol–water partition coefficient (Wildman–Crippen LogP) is 7.87. The topological polar surface area (TPSA) is 18.5 Å². The highest BCUT2D eigenvalue weighted by atomic mass is 79.9. The molecule has 2 nitrogen and oxygen atoms in total. The van der Waals surface area contributed by atoms with Crippen molar-refractivity contribution in [3.8, 4) is 22.6 Å². The Bertz CT molecular complexity index is 757. The number of fused-ring (bicyclic) bond motifs is 3. The molecule has 2 aliphatic rings. The minimum absolute atomic E-state index is 0.439. The van der Waals surface area contributed by atoms with Gasteiger partial charge < -0.3 is 9.47 Å². The summed E-state index contributed by atoms with van der Waals surface area (Å²) in [7, 11) is 0. The molecule has 1 fully saturated rings. The van der Waals surface area contributed by atoms with Crippen LogP contribution in [0.3, 0.4) is 0 Å².